The molecule has 2 amide bonds. The molecule has 46 heavy (non-hydrogen) atoms. The van der Waals surface area contributed by atoms with Crippen LogP contribution in [0.25, 0.3) is 0 Å². The molecule has 0 radical (unpaired) electrons. The third kappa shape index (κ3) is 8.36. The second-order valence-corrected chi connectivity index (χ2v) is 14.1. The number of carbonyl (C=O) groups excluding carboxylic acids is 2. The highest BCUT2D eigenvalue weighted by Gasteiger charge is 2.35. The summed E-state index contributed by atoms with van der Waals surface area (Å²) in [6, 6.07) is 30.9. The highest BCUT2D eigenvalue weighted by atomic mass is 35.5. The second kappa shape index (κ2) is 15.4. The Morgan fingerprint density at radius 2 is 1.43 bits per heavy atom. The minimum Gasteiger partial charge on any atom is -0.352 e. The van der Waals surface area contributed by atoms with Crippen LogP contribution in [0.1, 0.15) is 48.8 Å². The van der Waals surface area contributed by atoms with E-state index >= 15 is 0 Å². The third-order valence-corrected chi connectivity index (χ3v) is 10.6. The van der Waals surface area contributed by atoms with E-state index in [9.17, 15) is 18.0 Å². The molecule has 0 aromatic heterocycles. The fourth-order valence-electron chi connectivity index (χ4n) is 5.93. The predicted molar refractivity (Wildman–Crippen MR) is 183 cm³/mol. The lowest BCUT2D eigenvalue weighted by Crippen LogP contribution is -2.55. The molecule has 0 bridgehead atoms. The number of halogens is 1. The normalized spacial score (nSPS) is 14.3. The number of nitrogens with zero attached hydrogens (tertiary/aromatic N) is 2. The van der Waals surface area contributed by atoms with Gasteiger partial charge in [-0.25, -0.2) is 8.42 Å². The lowest BCUT2D eigenvalue weighted by Gasteiger charge is -2.35. The van der Waals surface area contributed by atoms with Gasteiger partial charge in [0.2, 0.25) is 11.8 Å². The Morgan fingerprint density at radius 3 is 2.09 bits per heavy atom. The number of benzene rings is 4. The molecule has 4 aromatic carbocycles. The fourth-order valence-corrected chi connectivity index (χ4v) is 7.49. The first kappa shape index (κ1) is 33.2. The molecule has 5 rings (SSSR count). The van der Waals surface area contributed by atoms with Gasteiger partial charge < -0.3 is 10.2 Å². The summed E-state index contributed by atoms with van der Waals surface area (Å²) in [6.45, 7) is 1.60. The number of aryl methyl sites for hydroxylation is 1. The maximum atomic E-state index is 14.6. The van der Waals surface area contributed by atoms with Gasteiger partial charge in [-0.3, -0.25) is 13.9 Å². The molecule has 1 unspecified atom stereocenters. The van der Waals surface area contributed by atoms with E-state index in [1.165, 1.54) is 12.1 Å². The quantitative estimate of drug-likeness (QED) is 0.179. The summed E-state index contributed by atoms with van der Waals surface area (Å²) in [7, 11) is -4.16. The number of rotatable bonds is 12. The average Bonchev–Trinajstić information content (AvgIpc) is 3.07. The third-order valence-electron chi connectivity index (χ3n) is 8.55. The monoisotopic (exact) mass is 657 g/mol. The summed E-state index contributed by atoms with van der Waals surface area (Å²) in [5.74, 6) is -0.723. The molecule has 0 heterocycles. The summed E-state index contributed by atoms with van der Waals surface area (Å²) < 4.78 is 29.3. The molecule has 0 aliphatic heterocycles. The molecule has 1 atom stereocenters. The van der Waals surface area contributed by atoms with Crippen molar-refractivity contribution in [3.05, 3.63) is 131 Å². The molecule has 240 valence electrons. The molecule has 7 nitrogen and oxygen atoms in total. The van der Waals surface area contributed by atoms with E-state index in [1.807, 2.05) is 61.5 Å². The minimum absolute atomic E-state index is 0.0407. The van der Waals surface area contributed by atoms with Gasteiger partial charge in [0, 0.05) is 24.0 Å². The minimum atomic E-state index is -4.16. The van der Waals surface area contributed by atoms with E-state index < -0.39 is 28.5 Å². The maximum absolute atomic E-state index is 14.6. The van der Waals surface area contributed by atoms with Crippen molar-refractivity contribution in [3.63, 3.8) is 0 Å². The van der Waals surface area contributed by atoms with Gasteiger partial charge in [-0.1, -0.05) is 104 Å². The number of hydrogen-bond acceptors (Lipinski definition) is 4. The van der Waals surface area contributed by atoms with Gasteiger partial charge in [-0.05, 0) is 72.9 Å². The topological polar surface area (TPSA) is 86.8 Å². The maximum Gasteiger partial charge on any atom is 0.264 e. The Balaban J connectivity index is 1.56. The molecular formula is C37H40ClN3O4S. The molecule has 9 heteroatoms. The highest BCUT2D eigenvalue weighted by Crippen LogP contribution is 2.27. The number of hydrogen-bond donors (Lipinski definition) is 1. The summed E-state index contributed by atoms with van der Waals surface area (Å²) in [5.41, 5.74) is 3.05. The van der Waals surface area contributed by atoms with Crippen molar-refractivity contribution in [1.82, 2.24) is 10.2 Å². The van der Waals surface area contributed by atoms with Crippen LogP contribution in [0, 0.1) is 6.92 Å². The fraction of sp³-hybridized carbons (Fsp3) is 0.297. The number of amides is 2. The van der Waals surface area contributed by atoms with E-state index in [0.717, 1.165) is 53.1 Å². The van der Waals surface area contributed by atoms with Crippen LogP contribution in [0.2, 0.25) is 5.02 Å². The molecule has 1 aliphatic carbocycles. The zero-order valence-corrected chi connectivity index (χ0v) is 27.6. The summed E-state index contributed by atoms with van der Waals surface area (Å²) in [5, 5.41) is 3.68. The highest BCUT2D eigenvalue weighted by molar-refractivity contribution is 7.92. The number of sulfonamides is 1. The van der Waals surface area contributed by atoms with Crippen molar-refractivity contribution in [2.24, 2.45) is 0 Å². The Morgan fingerprint density at radius 1 is 0.826 bits per heavy atom. The van der Waals surface area contributed by atoms with Gasteiger partial charge in [0.15, 0.2) is 0 Å². The van der Waals surface area contributed by atoms with Crippen molar-refractivity contribution in [2.45, 2.75) is 69.0 Å². The molecular weight excluding hydrogens is 618 g/mol. The number of anilines is 1. The number of carbonyl (C=O) groups is 2. The van der Waals surface area contributed by atoms with Gasteiger partial charge in [0.25, 0.3) is 10.0 Å². The zero-order valence-electron chi connectivity index (χ0n) is 26.0. The van der Waals surface area contributed by atoms with Crippen LogP contribution in [-0.4, -0.2) is 43.8 Å². The van der Waals surface area contributed by atoms with Crippen molar-refractivity contribution < 1.29 is 18.0 Å². The van der Waals surface area contributed by atoms with Crippen LogP contribution >= 0.6 is 11.6 Å². The van der Waals surface area contributed by atoms with E-state index in [2.05, 4.69) is 5.32 Å². The second-order valence-electron chi connectivity index (χ2n) is 11.8. The van der Waals surface area contributed by atoms with Gasteiger partial charge in [-0.2, -0.15) is 0 Å². The molecule has 1 N–H and O–H groups in total. The van der Waals surface area contributed by atoms with Crippen LogP contribution in [0.4, 0.5) is 5.69 Å². The number of nitrogens with one attached hydrogen (secondary N) is 1. The molecule has 1 fully saturated rings. The van der Waals surface area contributed by atoms with Gasteiger partial charge in [0.05, 0.1) is 10.6 Å². The van der Waals surface area contributed by atoms with E-state index in [0.29, 0.717) is 10.7 Å². The van der Waals surface area contributed by atoms with Crippen LogP contribution in [0.5, 0.6) is 0 Å². The van der Waals surface area contributed by atoms with Crippen LogP contribution in [-0.2, 0) is 32.6 Å². The predicted octanol–water partition coefficient (Wildman–Crippen LogP) is 6.93. The van der Waals surface area contributed by atoms with Crippen molar-refractivity contribution in [3.8, 4) is 0 Å². The molecule has 0 spiro atoms. The van der Waals surface area contributed by atoms with E-state index in [4.69, 9.17) is 11.6 Å². The largest absolute Gasteiger partial charge is 0.352 e. The van der Waals surface area contributed by atoms with E-state index in [-0.39, 0.29) is 29.8 Å². The molecule has 0 saturated heterocycles. The van der Waals surface area contributed by atoms with Crippen molar-refractivity contribution in [2.75, 3.05) is 10.8 Å². The SMILES string of the molecule is Cc1ccccc1CN(C(=O)CN(c1ccc(Cl)cc1)S(=O)(=O)c1ccccc1)C(Cc1ccccc1)C(=O)NC1CCCCC1. The summed E-state index contributed by atoms with van der Waals surface area (Å²) >= 11 is 6.15. The van der Waals surface area contributed by atoms with Crippen molar-refractivity contribution >= 4 is 39.1 Å². The first-order valence-corrected chi connectivity index (χ1v) is 17.6. The summed E-state index contributed by atoms with van der Waals surface area (Å²) in [4.78, 5) is 30.4. The molecule has 1 saturated carbocycles. The van der Waals surface area contributed by atoms with E-state index in [1.54, 1.807) is 47.4 Å². The van der Waals surface area contributed by atoms with Crippen LogP contribution < -0.4 is 9.62 Å². The van der Waals surface area contributed by atoms with Crippen LogP contribution in [0.3, 0.4) is 0 Å². The molecule has 4 aromatic rings. The Labute approximate surface area is 277 Å². The lowest BCUT2D eigenvalue weighted by atomic mass is 9.94. The van der Waals surface area contributed by atoms with Gasteiger partial charge in [0.1, 0.15) is 12.6 Å². The zero-order chi connectivity index (χ0) is 32.5. The van der Waals surface area contributed by atoms with Gasteiger partial charge in [-0.15, -0.1) is 0 Å². The first-order valence-electron chi connectivity index (χ1n) is 15.7. The van der Waals surface area contributed by atoms with Crippen molar-refractivity contribution in [1.29, 1.82) is 0 Å². The van der Waals surface area contributed by atoms with Gasteiger partial charge >= 0.3 is 0 Å². The molecule has 1 aliphatic rings. The lowest BCUT2D eigenvalue weighted by molar-refractivity contribution is -0.140. The first-order chi connectivity index (χ1) is 22.2. The standard InChI is InChI=1S/C37H40ClN3O4S/c1-28-13-11-12-16-30(28)26-40(35(25-29-14-5-2-6-15-29)37(43)39-32-17-7-3-8-18-32)36(42)27-41(33-23-21-31(38)22-24-33)46(44,45)34-19-9-4-10-20-34/h2,4-6,9-16,19-24,32,35H,3,7-8,17-18,25-27H2,1H3,(H,39,43). The smallest absolute Gasteiger partial charge is 0.264 e. The Bertz CT molecular complexity index is 1710. The average molecular weight is 658 g/mol. The Kier molecular flexibility index (Phi) is 11.1. The Hall–Kier alpha value is -4.14. The van der Waals surface area contributed by atoms with Crippen LogP contribution in [0.15, 0.2) is 114 Å². The summed E-state index contributed by atoms with van der Waals surface area (Å²) in [6.07, 6.45) is 5.32.